The fraction of sp³-hybridized carbons (Fsp3) is 0.256. The number of rotatable bonds is 7. The van der Waals surface area contributed by atoms with E-state index in [1.807, 2.05) is 0 Å². The van der Waals surface area contributed by atoms with Crippen LogP contribution in [-0.2, 0) is 0 Å². The second kappa shape index (κ2) is 10.7. The lowest BCUT2D eigenvalue weighted by molar-refractivity contribution is -0.476. The van der Waals surface area contributed by atoms with E-state index in [1.54, 1.807) is 0 Å². The Bertz CT molecular complexity index is 2040. The molecule has 0 saturated carbocycles. The van der Waals surface area contributed by atoms with Gasteiger partial charge >= 0.3 is 0 Å². The second-order valence-corrected chi connectivity index (χ2v) is 12.3. The number of nitrogens with zero attached hydrogens (tertiary/aromatic N) is 2. The maximum absolute atomic E-state index is 7.10. The summed E-state index contributed by atoms with van der Waals surface area (Å²) in [5.41, 5.74) is 7.65. The van der Waals surface area contributed by atoms with Crippen molar-refractivity contribution in [1.29, 1.82) is 0 Å². The summed E-state index contributed by atoms with van der Waals surface area (Å²) in [6.07, 6.45) is 13.2. The van der Waals surface area contributed by atoms with E-state index in [9.17, 15) is 0 Å². The molecule has 0 bridgehead atoms. The molecule has 5 aromatic rings. The van der Waals surface area contributed by atoms with Gasteiger partial charge in [-0.25, -0.2) is 0 Å². The van der Waals surface area contributed by atoms with E-state index in [-0.39, 0.29) is 0 Å². The van der Waals surface area contributed by atoms with Gasteiger partial charge in [-0.1, -0.05) is 92.2 Å². The molecule has 0 radical (unpaired) electrons. The second-order valence-electron chi connectivity index (χ2n) is 11.9. The third-order valence-corrected chi connectivity index (χ3v) is 10.0. The highest BCUT2D eigenvalue weighted by atomic mass is 35.5. The zero-order valence-corrected chi connectivity index (χ0v) is 25.7. The smallest absolute Gasteiger partial charge is 0.214 e. The molecule has 0 amide bonds. The molecule has 0 fully saturated rings. The fourth-order valence-corrected chi connectivity index (χ4v) is 7.33. The molecule has 1 aromatic heterocycles. The van der Waals surface area contributed by atoms with Gasteiger partial charge in [-0.2, -0.15) is 4.58 Å². The Morgan fingerprint density at radius 2 is 1.52 bits per heavy atom. The standard InChI is InChI=1S/C39H38ClN2/c1-5-25(3)41-33(31-15-7-11-27-13-9-17-35(41)37(27)31)23-21-29-19-20-30(39(29)40)22-24-34-32-16-8-12-28-14-10-18-36(38(28)32)42(34)26(4)6-2/h7-18,21-26H,5-6,19-20H2,1-4H3/q+1. The highest BCUT2D eigenvalue weighted by Crippen LogP contribution is 2.39. The Morgan fingerprint density at radius 1 is 0.810 bits per heavy atom. The van der Waals surface area contributed by atoms with Gasteiger partial charge in [0.1, 0.15) is 0 Å². The van der Waals surface area contributed by atoms with Crippen LogP contribution in [0.3, 0.4) is 0 Å². The average Bonchev–Trinajstić information content (AvgIpc) is 3.65. The van der Waals surface area contributed by atoms with E-state index in [1.165, 1.54) is 65.9 Å². The number of hydrogen-bond donors (Lipinski definition) is 0. The van der Waals surface area contributed by atoms with Crippen molar-refractivity contribution in [3.8, 4) is 0 Å². The summed E-state index contributed by atoms with van der Waals surface area (Å²) < 4.78 is 5.03. The lowest BCUT2D eigenvalue weighted by Crippen LogP contribution is -2.22. The molecule has 0 saturated heterocycles. The van der Waals surface area contributed by atoms with Crippen LogP contribution in [0.4, 0.5) is 5.69 Å². The number of allylic oxidation sites excluding steroid dienone is 6. The predicted molar refractivity (Wildman–Crippen MR) is 181 cm³/mol. The molecule has 42 heavy (non-hydrogen) atoms. The molecule has 2 nitrogen and oxygen atoms in total. The zero-order valence-electron chi connectivity index (χ0n) is 25.0. The highest BCUT2D eigenvalue weighted by molar-refractivity contribution is 6.33. The van der Waals surface area contributed by atoms with Crippen LogP contribution in [0.2, 0.25) is 0 Å². The molecule has 7 rings (SSSR count). The molecule has 2 unspecified atom stereocenters. The van der Waals surface area contributed by atoms with E-state index >= 15 is 0 Å². The van der Waals surface area contributed by atoms with Crippen molar-refractivity contribution in [2.45, 2.75) is 65.5 Å². The van der Waals surface area contributed by atoms with Gasteiger partial charge in [0.15, 0.2) is 6.04 Å². The van der Waals surface area contributed by atoms with E-state index in [0.29, 0.717) is 12.1 Å². The summed E-state index contributed by atoms with van der Waals surface area (Å²) in [6.45, 7) is 9.17. The summed E-state index contributed by atoms with van der Waals surface area (Å²) in [5, 5.41) is 8.80. The van der Waals surface area contributed by atoms with E-state index < -0.39 is 0 Å². The minimum Gasteiger partial charge on any atom is -0.338 e. The molecule has 2 atom stereocenters. The summed E-state index contributed by atoms with van der Waals surface area (Å²) in [4.78, 5) is 0. The zero-order chi connectivity index (χ0) is 29.0. The molecule has 210 valence electrons. The number of hydrogen-bond acceptors (Lipinski definition) is 0. The van der Waals surface area contributed by atoms with Gasteiger partial charge in [-0.3, -0.25) is 0 Å². The van der Waals surface area contributed by atoms with E-state index in [0.717, 1.165) is 30.7 Å². The van der Waals surface area contributed by atoms with Gasteiger partial charge in [0, 0.05) is 51.3 Å². The van der Waals surface area contributed by atoms with Crippen molar-refractivity contribution in [2.75, 3.05) is 0 Å². The van der Waals surface area contributed by atoms with Crippen LogP contribution in [0, 0.1) is 0 Å². The van der Waals surface area contributed by atoms with Crippen molar-refractivity contribution in [2.24, 2.45) is 0 Å². The monoisotopic (exact) mass is 569 g/mol. The summed E-state index contributed by atoms with van der Waals surface area (Å²) in [6, 6.07) is 27.5. The molecular weight excluding hydrogens is 532 g/mol. The van der Waals surface area contributed by atoms with Gasteiger partial charge in [-0.05, 0) is 73.2 Å². The SMILES string of the molecule is CCC(C)n1/c(=C/C=C2\CCC(/C=C/C3=[N+](C(C)CC)c4cccc5cccc3c45)=C2Cl)c2cccc3cccc1c32. The highest BCUT2D eigenvalue weighted by Gasteiger charge is 2.33. The molecule has 0 N–H and O–H groups in total. The topological polar surface area (TPSA) is 7.94 Å². The van der Waals surface area contributed by atoms with Crippen LogP contribution in [0.5, 0.6) is 0 Å². The van der Waals surface area contributed by atoms with Crippen LogP contribution >= 0.6 is 11.6 Å². The maximum Gasteiger partial charge on any atom is 0.214 e. The third-order valence-electron chi connectivity index (χ3n) is 9.53. The predicted octanol–water partition coefficient (Wildman–Crippen LogP) is 10.1. The molecule has 2 heterocycles. The van der Waals surface area contributed by atoms with Gasteiger partial charge in [0.2, 0.25) is 11.4 Å². The number of halogens is 1. The Morgan fingerprint density at radius 3 is 2.29 bits per heavy atom. The van der Waals surface area contributed by atoms with E-state index in [4.69, 9.17) is 11.6 Å². The molecule has 3 heteroatoms. The normalized spacial score (nSPS) is 18.3. The quantitative estimate of drug-likeness (QED) is 0.172. The first-order valence-corrected chi connectivity index (χ1v) is 15.9. The van der Waals surface area contributed by atoms with Crippen molar-refractivity contribution in [3.63, 3.8) is 0 Å². The molecular formula is C39H38ClN2+. The van der Waals surface area contributed by atoms with Crippen molar-refractivity contribution in [3.05, 3.63) is 118 Å². The van der Waals surface area contributed by atoms with Gasteiger partial charge in [-0.15, -0.1) is 0 Å². The molecule has 2 aliphatic rings. The van der Waals surface area contributed by atoms with Gasteiger partial charge in [0.25, 0.3) is 0 Å². The first kappa shape index (κ1) is 27.0. The maximum atomic E-state index is 7.10. The molecule has 0 spiro atoms. The van der Waals surface area contributed by atoms with Crippen molar-refractivity contribution >= 4 is 61.5 Å². The Kier molecular flexibility index (Phi) is 6.91. The largest absolute Gasteiger partial charge is 0.338 e. The van der Waals surface area contributed by atoms with Crippen LogP contribution in [0.25, 0.3) is 38.5 Å². The van der Waals surface area contributed by atoms with Crippen LogP contribution in [0.1, 0.15) is 65.0 Å². The summed E-state index contributed by atoms with van der Waals surface area (Å²) in [7, 11) is 0. The van der Waals surface area contributed by atoms with Gasteiger partial charge < -0.3 is 4.57 Å². The van der Waals surface area contributed by atoms with Gasteiger partial charge in [0.05, 0.1) is 10.9 Å². The molecule has 4 aromatic carbocycles. The number of benzene rings is 4. The minimum absolute atomic E-state index is 0.409. The molecule has 1 aliphatic heterocycles. The van der Waals surface area contributed by atoms with Crippen LogP contribution in [-0.4, -0.2) is 20.9 Å². The third kappa shape index (κ3) is 4.19. The number of aromatic nitrogens is 1. The van der Waals surface area contributed by atoms with Crippen molar-refractivity contribution < 1.29 is 4.58 Å². The van der Waals surface area contributed by atoms with E-state index in [2.05, 4.69) is 134 Å². The fourth-order valence-electron chi connectivity index (χ4n) is 7.01. The Balaban J connectivity index is 1.30. The summed E-state index contributed by atoms with van der Waals surface area (Å²) in [5.74, 6) is 0. The Hall–Kier alpha value is -3.88. The van der Waals surface area contributed by atoms with Crippen molar-refractivity contribution in [1.82, 2.24) is 4.57 Å². The van der Waals surface area contributed by atoms with Crippen LogP contribution in [0.15, 0.2) is 107 Å². The first-order valence-electron chi connectivity index (χ1n) is 15.5. The lowest BCUT2D eigenvalue weighted by atomic mass is 10.0. The minimum atomic E-state index is 0.409. The van der Waals surface area contributed by atoms with Crippen LogP contribution < -0.4 is 5.35 Å². The average molecular weight is 570 g/mol. The summed E-state index contributed by atoms with van der Waals surface area (Å²) >= 11 is 7.10. The lowest BCUT2D eigenvalue weighted by Gasteiger charge is -2.14. The first-order chi connectivity index (χ1) is 20.5. The molecule has 1 aliphatic carbocycles. The Labute approximate surface area is 253 Å².